The highest BCUT2D eigenvalue weighted by atomic mass is 16.2. The first-order chi connectivity index (χ1) is 12.1. The molecule has 0 aliphatic rings. The lowest BCUT2D eigenvalue weighted by Crippen LogP contribution is -2.29. The number of hydrogen-bond donors (Lipinski definition) is 1. The van der Waals surface area contributed by atoms with E-state index in [1.165, 1.54) is 11.6 Å². The largest absolute Gasteiger partial charge is 0.329 e. The molecular weight excluding hydrogens is 320 g/mol. The fourth-order valence-electron chi connectivity index (χ4n) is 2.56. The Bertz CT molecular complexity index is 1180. The zero-order chi connectivity index (χ0) is 17.4. The average Bonchev–Trinajstić information content (AvgIpc) is 2.66. The number of rotatable bonds is 2. The second-order valence-corrected chi connectivity index (χ2v) is 5.39. The number of pyridine rings is 2. The summed E-state index contributed by atoms with van der Waals surface area (Å²) in [5.74, 6) is 0. The molecule has 8 heteroatoms. The predicted octanol–water partition coefficient (Wildman–Crippen LogP) is 1.14. The van der Waals surface area contributed by atoms with Gasteiger partial charge in [0.25, 0.3) is 5.56 Å². The van der Waals surface area contributed by atoms with Crippen LogP contribution >= 0.6 is 0 Å². The Kier molecular flexibility index (Phi) is 3.42. The van der Waals surface area contributed by atoms with E-state index >= 15 is 0 Å². The van der Waals surface area contributed by atoms with E-state index in [2.05, 4.69) is 24.9 Å². The summed E-state index contributed by atoms with van der Waals surface area (Å²) in [5, 5.41) is 0. The molecule has 8 nitrogen and oxygen atoms in total. The van der Waals surface area contributed by atoms with E-state index in [0.717, 1.165) is 11.1 Å². The van der Waals surface area contributed by atoms with Crippen LogP contribution in [-0.4, -0.2) is 29.5 Å². The third-order valence-electron chi connectivity index (χ3n) is 3.82. The number of H-pyrrole nitrogens is 1. The van der Waals surface area contributed by atoms with Gasteiger partial charge in [0.1, 0.15) is 0 Å². The first-order valence-electron chi connectivity index (χ1n) is 7.47. The smallest absolute Gasteiger partial charge is 0.279 e. The fraction of sp³-hybridized carbons (Fsp3) is 0.0588. The number of aryl methyl sites for hydroxylation is 1. The second-order valence-electron chi connectivity index (χ2n) is 5.39. The standard InChI is InChI=1S/C17H12N6O2/c1-23-15-14(16(24)22-17(23)25)20-13(11-3-2-6-19-9-11)12(21-15)10-4-7-18-8-5-10/h2-9H,1H3,(H,22,24,25). The van der Waals surface area contributed by atoms with Crippen LogP contribution in [0.2, 0.25) is 0 Å². The van der Waals surface area contributed by atoms with Crippen molar-refractivity contribution in [2.45, 2.75) is 0 Å². The number of aromatic nitrogens is 6. The maximum absolute atomic E-state index is 12.2. The lowest BCUT2D eigenvalue weighted by atomic mass is 10.1. The molecule has 0 spiro atoms. The molecule has 0 unspecified atom stereocenters. The van der Waals surface area contributed by atoms with E-state index in [0.29, 0.717) is 11.4 Å². The Morgan fingerprint density at radius 2 is 1.68 bits per heavy atom. The van der Waals surface area contributed by atoms with Gasteiger partial charge < -0.3 is 0 Å². The molecule has 4 aromatic rings. The van der Waals surface area contributed by atoms with Crippen molar-refractivity contribution in [3.05, 3.63) is 69.9 Å². The van der Waals surface area contributed by atoms with Crippen LogP contribution in [-0.2, 0) is 7.05 Å². The summed E-state index contributed by atoms with van der Waals surface area (Å²) in [6.45, 7) is 0. The first-order valence-corrected chi connectivity index (χ1v) is 7.47. The summed E-state index contributed by atoms with van der Waals surface area (Å²) >= 11 is 0. The van der Waals surface area contributed by atoms with Gasteiger partial charge in [-0.2, -0.15) is 0 Å². The van der Waals surface area contributed by atoms with Gasteiger partial charge >= 0.3 is 5.69 Å². The molecule has 0 radical (unpaired) electrons. The van der Waals surface area contributed by atoms with Crippen molar-refractivity contribution >= 4 is 11.2 Å². The summed E-state index contributed by atoms with van der Waals surface area (Å²) in [6.07, 6.45) is 6.59. The Balaban J connectivity index is 2.15. The Hall–Kier alpha value is -3.68. The van der Waals surface area contributed by atoms with E-state index in [4.69, 9.17) is 0 Å². The fourth-order valence-corrected chi connectivity index (χ4v) is 2.56. The van der Waals surface area contributed by atoms with Crippen molar-refractivity contribution in [2.75, 3.05) is 0 Å². The van der Waals surface area contributed by atoms with Gasteiger partial charge in [0.2, 0.25) is 0 Å². The minimum absolute atomic E-state index is 0.0961. The van der Waals surface area contributed by atoms with E-state index < -0.39 is 11.2 Å². The van der Waals surface area contributed by atoms with Gasteiger partial charge in [0.15, 0.2) is 11.2 Å². The van der Waals surface area contributed by atoms with Crippen molar-refractivity contribution in [1.29, 1.82) is 0 Å². The molecule has 4 aromatic heterocycles. The summed E-state index contributed by atoms with van der Waals surface area (Å²) in [4.78, 5) is 43.5. The molecule has 0 atom stereocenters. The van der Waals surface area contributed by atoms with Crippen molar-refractivity contribution in [3.8, 4) is 22.5 Å². The maximum atomic E-state index is 12.2. The number of fused-ring (bicyclic) bond motifs is 1. The number of nitrogens with one attached hydrogen (secondary N) is 1. The highest BCUT2D eigenvalue weighted by Gasteiger charge is 2.17. The zero-order valence-corrected chi connectivity index (χ0v) is 13.2. The van der Waals surface area contributed by atoms with Crippen LogP contribution in [0, 0.1) is 0 Å². The normalized spacial score (nSPS) is 10.9. The van der Waals surface area contributed by atoms with Crippen LogP contribution in [0.1, 0.15) is 0 Å². The highest BCUT2D eigenvalue weighted by Crippen LogP contribution is 2.29. The van der Waals surface area contributed by atoms with Crippen LogP contribution in [0.5, 0.6) is 0 Å². The molecule has 0 saturated carbocycles. The molecule has 0 fully saturated rings. The zero-order valence-electron chi connectivity index (χ0n) is 13.2. The quantitative estimate of drug-likeness (QED) is 0.590. The molecule has 0 saturated heterocycles. The van der Waals surface area contributed by atoms with Crippen LogP contribution in [0.4, 0.5) is 0 Å². The predicted molar refractivity (Wildman–Crippen MR) is 91.9 cm³/mol. The number of aromatic amines is 1. The van der Waals surface area contributed by atoms with E-state index in [1.54, 1.807) is 43.0 Å². The van der Waals surface area contributed by atoms with Crippen molar-refractivity contribution in [2.24, 2.45) is 7.05 Å². The number of nitrogens with zero attached hydrogens (tertiary/aromatic N) is 5. The third-order valence-corrected chi connectivity index (χ3v) is 3.82. The third kappa shape index (κ3) is 2.49. The van der Waals surface area contributed by atoms with Crippen LogP contribution in [0.25, 0.3) is 33.7 Å². The monoisotopic (exact) mass is 332 g/mol. The maximum Gasteiger partial charge on any atom is 0.329 e. The molecule has 0 bridgehead atoms. The summed E-state index contributed by atoms with van der Waals surface area (Å²) in [6, 6.07) is 7.20. The Morgan fingerprint density at radius 3 is 2.40 bits per heavy atom. The lowest BCUT2D eigenvalue weighted by Gasteiger charge is -2.11. The minimum Gasteiger partial charge on any atom is -0.279 e. The van der Waals surface area contributed by atoms with Gasteiger partial charge in [-0.05, 0) is 24.3 Å². The SMILES string of the molecule is Cn1c(=O)[nH]c(=O)c2nc(-c3cccnc3)c(-c3ccncc3)nc21. The first kappa shape index (κ1) is 14.9. The van der Waals surface area contributed by atoms with Crippen molar-refractivity contribution in [3.63, 3.8) is 0 Å². The Labute approximate surface area is 140 Å². The topological polar surface area (TPSA) is 106 Å². The van der Waals surface area contributed by atoms with Crippen molar-refractivity contribution in [1.82, 2.24) is 29.5 Å². The second kappa shape index (κ2) is 5.75. The van der Waals surface area contributed by atoms with Gasteiger partial charge in [-0.1, -0.05) is 0 Å². The van der Waals surface area contributed by atoms with Gasteiger partial charge in [0.05, 0.1) is 11.4 Å². The van der Waals surface area contributed by atoms with Crippen LogP contribution in [0.15, 0.2) is 58.6 Å². The molecule has 0 aromatic carbocycles. The average molecular weight is 332 g/mol. The van der Waals surface area contributed by atoms with Crippen molar-refractivity contribution < 1.29 is 0 Å². The summed E-state index contributed by atoms with van der Waals surface area (Å²) in [5.41, 5.74) is 1.75. The van der Waals surface area contributed by atoms with Crippen LogP contribution in [0.3, 0.4) is 0 Å². The minimum atomic E-state index is -0.572. The molecule has 4 rings (SSSR count). The molecule has 25 heavy (non-hydrogen) atoms. The van der Waals surface area contributed by atoms with E-state index in [9.17, 15) is 9.59 Å². The van der Waals surface area contributed by atoms with Gasteiger partial charge in [-0.25, -0.2) is 14.8 Å². The number of hydrogen-bond acceptors (Lipinski definition) is 6. The van der Waals surface area contributed by atoms with E-state index in [-0.39, 0.29) is 11.2 Å². The molecule has 0 aliphatic heterocycles. The highest BCUT2D eigenvalue weighted by molar-refractivity contribution is 5.84. The summed E-state index contributed by atoms with van der Waals surface area (Å²) in [7, 11) is 1.54. The van der Waals surface area contributed by atoms with E-state index in [1.807, 2.05) is 6.07 Å². The molecule has 122 valence electrons. The molecular formula is C17H12N6O2. The van der Waals surface area contributed by atoms with Gasteiger partial charge in [-0.3, -0.25) is 24.3 Å². The lowest BCUT2D eigenvalue weighted by molar-refractivity contribution is 0.825. The summed E-state index contributed by atoms with van der Waals surface area (Å²) < 4.78 is 1.27. The molecule has 0 aliphatic carbocycles. The molecule has 4 heterocycles. The van der Waals surface area contributed by atoms with Gasteiger partial charge in [0, 0.05) is 43.0 Å². The molecule has 0 amide bonds. The van der Waals surface area contributed by atoms with Crippen LogP contribution < -0.4 is 11.2 Å². The molecule has 1 N–H and O–H groups in total. The van der Waals surface area contributed by atoms with Gasteiger partial charge in [-0.15, -0.1) is 0 Å². The Morgan fingerprint density at radius 1 is 0.920 bits per heavy atom.